The Hall–Kier alpha value is -1.74. The quantitative estimate of drug-likeness (QED) is 0.843. The summed E-state index contributed by atoms with van der Waals surface area (Å²) in [5.41, 5.74) is 3.89. The first-order valence-electron chi connectivity index (χ1n) is 8.29. The predicted molar refractivity (Wildman–Crippen MR) is 87.0 cm³/mol. The summed E-state index contributed by atoms with van der Waals surface area (Å²) in [6, 6.07) is 11.0. The van der Waals surface area contributed by atoms with Gasteiger partial charge in [0.25, 0.3) is 0 Å². The van der Waals surface area contributed by atoms with Crippen molar-refractivity contribution >= 4 is 5.69 Å². The van der Waals surface area contributed by atoms with Crippen LogP contribution in [-0.2, 0) is 4.74 Å². The molecular weight excluding hydrogens is 274 g/mol. The van der Waals surface area contributed by atoms with Gasteiger partial charge in [0.2, 0.25) is 0 Å². The Morgan fingerprint density at radius 2 is 2.14 bits per heavy atom. The molecule has 1 aromatic carbocycles. The molecule has 1 fully saturated rings. The van der Waals surface area contributed by atoms with E-state index in [1.165, 1.54) is 23.2 Å². The van der Waals surface area contributed by atoms with Crippen LogP contribution in [0.15, 0.2) is 41.0 Å². The van der Waals surface area contributed by atoms with Gasteiger partial charge in [0.15, 0.2) is 0 Å². The second-order valence-corrected chi connectivity index (χ2v) is 6.74. The van der Waals surface area contributed by atoms with E-state index in [9.17, 15) is 0 Å². The molecular formula is C19H23NO2. The fraction of sp³-hybridized carbons (Fsp3) is 0.474. The Kier molecular flexibility index (Phi) is 3.45. The van der Waals surface area contributed by atoms with Gasteiger partial charge in [-0.3, -0.25) is 0 Å². The monoisotopic (exact) mass is 297 g/mol. The predicted octanol–water partition coefficient (Wildman–Crippen LogP) is 5.04. The van der Waals surface area contributed by atoms with Gasteiger partial charge in [-0.1, -0.05) is 26.0 Å². The Bertz CT molecular complexity index is 647. The van der Waals surface area contributed by atoms with Crippen molar-refractivity contribution in [2.45, 2.75) is 44.8 Å². The van der Waals surface area contributed by atoms with E-state index in [0.29, 0.717) is 11.8 Å². The highest BCUT2D eigenvalue weighted by molar-refractivity contribution is 5.58. The topological polar surface area (TPSA) is 34.4 Å². The van der Waals surface area contributed by atoms with Crippen LogP contribution in [0.3, 0.4) is 0 Å². The molecule has 0 radical (unpaired) electrons. The van der Waals surface area contributed by atoms with Gasteiger partial charge >= 0.3 is 0 Å². The first kappa shape index (κ1) is 13.9. The van der Waals surface area contributed by atoms with Crippen LogP contribution in [0.2, 0.25) is 0 Å². The molecule has 3 heterocycles. The SMILES string of the molecule is CC(C)c1ccc2c(c1)C1OCCCC1C(c1ccco1)N2. The Morgan fingerprint density at radius 1 is 1.23 bits per heavy atom. The molecule has 0 saturated carbocycles. The van der Waals surface area contributed by atoms with Gasteiger partial charge in [0.05, 0.1) is 18.4 Å². The van der Waals surface area contributed by atoms with Crippen molar-refractivity contribution in [3.63, 3.8) is 0 Å². The lowest BCUT2D eigenvalue weighted by molar-refractivity contribution is -0.0401. The summed E-state index contributed by atoms with van der Waals surface area (Å²) in [6.45, 7) is 5.34. The number of rotatable bonds is 2. The largest absolute Gasteiger partial charge is 0.467 e. The minimum absolute atomic E-state index is 0.179. The number of hydrogen-bond acceptors (Lipinski definition) is 3. The Balaban J connectivity index is 1.77. The zero-order valence-electron chi connectivity index (χ0n) is 13.2. The molecule has 0 spiro atoms. The number of furan rings is 1. The fourth-order valence-corrected chi connectivity index (χ4v) is 3.80. The van der Waals surface area contributed by atoms with Crippen LogP contribution < -0.4 is 5.32 Å². The molecule has 0 bridgehead atoms. The lowest BCUT2D eigenvalue weighted by Gasteiger charge is -2.42. The van der Waals surface area contributed by atoms with E-state index in [0.717, 1.165) is 18.8 Å². The fourth-order valence-electron chi connectivity index (χ4n) is 3.80. The molecule has 0 aliphatic carbocycles. The van der Waals surface area contributed by atoms with Crippen molar-refractivity contribution in [1.29, 1.82) is 0 Å². The molecule has 1 saturated heterocycles. The van der Waals surface area contributed by atoms with E-state index >= 15 is 0 Å². The zero-order valence-corrected chi connectivity index (χ0v) is 13.2. The maximum absolute atomic E-state index is 6.19. The van der Waals surface area contributed by atoms with Crippen LogP contribution in [0.5, 0.6) is 0 Å². The molecule has 2 aliphatic rings. The standard InChI is InChI=1S/C19H23NO2/c1-12(2)13-7-8-16-15(11-13)19-14(5-3-10-22-19)18(20-16)17-6-4-9-21-17/h4,6-9,11-12,14,18-20H,3,5,10H2,1-2H3. The molecule has 0 amide bonds. The molecule has 116 valence electrons. The summed E-state index contributed by atoms with van der Waals surface area (Å²) < 4.78 is 11.9. The van der Waals surface area contributed by atoms with Crippen LogP contribution in [0.25, 0.3) is 0 Å². The minimum Gasteiger partial charge on any atom is -0.467 e. The third-order valence-corrected chi connectivity index (χ3v) is 5.01. The summed E-state index contributed by atoms with van der Waals surface area (Å²) in [7, 11) is 0. The number of fused-ring (bicyclic) bond motifs is 3. The zero-order chi connectivity index (χ0) is 15.1. The maximum Gasteiger partial charge on any atom is 0.126 e. The first-order valence-corrected chi connectivity index (χ1v) is 8.29. The minimum atomic E-state index is 0.179. The number of anilines is 1. The molecule has 1 aromatic heterocycles. The van der Waals surface area contributed by atoms with Gasteiger partial charge in [0.1, 0.15) is 5.76 Å². The van der Waals surface area contributed by atoms with Gasteiger partial charge in [0, 0.05) is 23.8 Å². The van der Waals surface area contributed by atoms with Gasteiger partial charge in [-0.15, -0.1) is 0 Å². The van der Waals surface area contributed by atoms with Gasteiger partial charge in [-0.05, 0) is 42.5 Å². The highest BCUT2D eigenvalue weighted by atomic mass is 16.5. The van der Waals surface area contributed by atoms with E-state index in [2.05, 4.69) is 43.4 Å². The summed E-state index contributed by atoms with van der Waals surface area (Å²) in [4.78, 5) is 0. The Labute approximate surface area is 131 Å². The van der Waals surface area contributed by atoms with Crippen LogP contribution in [-0.4, -0.2) is 6.61 Å². The second kappa shape index (κ2) is 5.47. The van der Waals surface area contributed by atoms with Crippen molar-refractivity contribution in [2.75, 3.05) is 11.9 Å². The van der Waals surface area contributed by atoms with E-state index in [1.54, 1.807) is 6.26 Å². The van der Waals surface area contributed by atoms with E-state index < -0.39 is 0 Å². The molecule has 3 atom stereocenters. The average Bonchev–Trinajstić information content (AvgIpc) is 3.08. The number of hydrogen-bond donors (Lipinski definition) is 1. The lowest BCUT2D eigenvalue weighted by atomic mass is 9.78. The first-order chi connectivity index (χ1) is 10.7. The Morgan fingerprint density at radius 3 is 2.91 bits per heavy atom. The summed E-state index contributed by atoms with van der Waals surface area (Å²) in [6.07, 6.45) is 4.24. The van der Waals surface area contributed by atoms with Crippen molar-refractivity contribution in [1.82, 2.24) is 0 Å². The van der Waals surface area contributed by atoms with Gasteiger partial charge in [-0.25, -0.2) is 0 Å². The van der Waals surface area contributed by atoms with E-state index in [1.807, 2.05) is 6.07 Å². The van der Waals surface area contributed by atoms with Crippen molar-refractivity contribution < 1.29 is 9.15 Å². The van der Waals surface area contributed by atoms with Crippen molar-refractivity contribution in [2.24, 2.45) is 5.92 Å². The molecule has 22 heavy (non-hydrogen) atoms. The number of nitrogens with one attached hydrogen (secondary N) is 1. The maximum atomic E-state index is 6.19. The molecule has 2 aliphatic heterocycles. The third-order valence-electron chi connectivity index (χ3n) is 5.01. The summed E-state index contributed by atoms with van der Waals surface area (Å²) in [5, 5.41) is 3.69. The van der Waals surface area contributed by atoms with E-state index in [4.69, 9.17) is 9.15 Å². The lowest BCUT2D eigenvalue weighted by Crippen LogP contribution is -2.35. The van der Waals surface area contributed by atoms with E-state index in [-0.39, 0.29) is 12.1 Å². The van der Waals surface area contributed by atoms with Crippen LogP contribution >= 0.6 is 0 Å². The average molecular weight is 297 g/mol. The molecule has 1 N–H and O–H groups in total. The summed E-state index contributed by atoms with van der Waals surface area (Å²) in [5.74, 6) is 1.99. The van der Waals surface area contributed by atoms with Gasteiger partial charge < -0.3 is 14.5 Å². The van der Waals surface area contributed by atoms with Crippen molar-refractivity contribution in [3.05, 3.63) is 53.5 Å². The molecule has 2 aromatic rings. The normalized spacial score (nSPS) is 27.1. The third kappa shape index (κ3) is 2.24. The highest BCUT2D eigenvalue weighted by Crippen LogP contribution is 2.49. The molecule has 3 heteroatoms. The highest BCUT2D eigenvalue weighted by Gasteiger charge is 2.41. The molecule has 4 rings (SSSR count). The van der Waals surface area contributed by atoms with Crippen LogP contribution in [0, 0.1) is 5.92 Å². The number of benzene rings is 1. The number of ether oxygens (including phenoxy) is 1. The van der Waals surface area contributed by atoms with Gasteiger partial charge in [-0.2, -0.15) is 0 Å². The van der Waals surface area contributed by atoms with Crippen LogP contribution in [0.1, 0.15) is 61.6 Å². The molecule has 3 nitrogen and oxygen atoms in total. The molecule has 3 unspecified atom stereocenters. The van der Waals surface area contributed by atoms with Crippen molar-refractivity contribution in [3.8, 4) is 0 Å². The van der Waals surface area contributed by atoms with Crippen LogP contribution in [0.4, 0.5) is 5.69 Å². The summed E-state index contributed by atoms with van der Waals surface area (Å²) >= 11 is 0. The smallest absolute Gasteiger partial charge is 0.126 e. The second-order valence-electron chi connectivity index (χ2n) is 6.74.